The van der Waals surface area contributed by atoms with Crippen LogP contribution in [0.4, 0.5) is 0 Å². The van der Waals surface area contributed by atoms with Gasteiger partial charge in [0.15, 0.2) is 0 Å². The van der Waals surface area contributed by atoms with Crippen molar-refractivity contribution in [3.05, 3.63) is 0 Å². The second-order valence-electron chi connectivity index (χ2n) is 4.95. The molecule has 1 saturated carbocycles. The van der Waals surface area contributed by atoms with Crippen molar-refractivity contribution >= 4 is 10.0 Å². The Labute approximate surface area is 103 Å². The molecular formula is C11H22N2O3S. The fourth-order valence-corrected chi connectivity index (χ4v) is 2.97. The van der Waals surface area contributed by atoms with E-state index in [-0.39, 0.29) is 5.75 Å². The third kappa shape index (κ3) is 5.33. The lowest BCUT2D eigenvalue weighted by molar-refractivity contribution is 0.0678. The molecule has 1 aliphatic heterocycles. The molecule has 1 aliphatic carbocycles. The van der Waals surface area contributed by atoms with Crippen molar-refractivity contribution in [2.75, 3.05) is 32.1 Å². The molecule has 1 saturated heterocycles. The maximum absolute atomic E-state index is 11.7. The molecule has 2 rings (SSSR count). The quantitative estimate of drug-likeness (QED) is 0.682. The summed E-state index contributed by atoms with van der Waals surface area (Å²) in [7, 11) is -3.10. The smallest absolute Gasteiger partial charge is 0.212 e. The summed E-state index contributed by atoms with van der Waals surface area (Å²) in [5, 5.41) is 3.21. The molecule has 6 heteroatoms. The number of hydrogen-bond donors (Lipinski definition) is 2. The first kappa shape index (κ1) is 13.3. The molecule has 5 nitrogen and oxygen atoms in total. The predicted molar refractivity (Wildman–Crippen MR) is 66.4 cm³/mol. The minimum atomic E-state index is -3.10. The van der Waals surface area contributed by atoms with E-state index in [1.165, 1.54) is 12.8 Å². The van der Waals surface area contributed by atoms with Crippen molar-refractivity contribution in [1.82, 2.24) is 10.0 Å². The minimum absolute atomic E-state index is 0.187. The zero-order chi connectivity index (χ0) is 12.1. The molecule has 2 N–H and O–H groups in total. The summed E-state index contributed by atoms with van der Waals surface area (Å²) >= 11 is 0. The second-order valence-corrected chi connectivity index (χ2v) is 6.88. The van der Waals surface area contributed by atoms with Gasteiger partial charge in [-0.15, -0.1) is 0 Å². The average molecular weight is 262 g/mol. The van der Waals surface area contributed by atoms with Gasteiger partial charge in [-0.05, 0) is 31.6 Å². The van der Waals surface area contributed by atoms with E-state index in [4.69, 9.17) is 4.74 Å². The molecule has 17 heavy (non-hydrogen) atoms. The highest BCUT2D eigenvalue weighted by atomic mass is 32.2. The van der Waals surface area contributed by atoms with Crippen molar-refractivity contribution in [2.24, 2.45) is 5.92 Å². The molecule has 0 aromatic rings. The van der Waals surface area contributed by atoms with Crippen LogP contribution in [0.2, 0.25) is 0 Å². The molecular weight excluding hydrogens is 240 g/mol. The summed E-state index contributed by atoms with van der Waals surface area (Å²) in [5.74, 6) is 0.627. The van der Waals surface area contributed by atoms with Crippen LogP contribution >= 0.6 is 0 Å². The van der Waals surface area contributed by atoms with E-state index in [2.05, 4.69) is 10.0 Å². The first-order valence-electron chi connectivity index (χ1n) is 6.44. The van der Waals surface area contributed by atoms with Crippen molar-refractivity contribution in [2.45, 2.75) is 31.7 Å². The van der Waals surface area contributed by atoms with Gasteiger partial charge in [-0.3, -0.25) is 0 Å². The summed E-state index contributed by atoms with van der Waals surface area (Å²) in [6.45, 7) is 2.65. The summed E-state index contributed by atoms with van der Waals surface area (Å²) in [6, 6.07) is 0.570. The Bertz CT molecular complexity index is 322. The SMILES string of the molecule is O=S(=O)(CCNC1CC1)NCC1CCOCC1. The zero-order valence-electron chi connectivity index (χ0n) is 10.2. The first-order valence-corrected chi connectivity index (χ1v) is 8.09. The summed E-state index contributed by atoms with van der Waals surface area (Å²) in [6.07, 6.45) is 4.30. The van der Waals surface area contributed by atoms with Gasteiger partial charge in [0.2, 0.25) is 10.0 Å². The molecule has 0 atom stereocenters. The van der Waals surface area contributed by atoms with Crippen LogP contribution in [0.3, 0.4) is 0 Å². The number of ether oxygens (including phenoxy) is 1. The maximum atomic E-state index is 11.7. The van der Waals surface area contributed by atoms with E-state index in [1.807, 2.05) is 0 Å². The number of hydrogen-bond acceptors (Lipinski definition) is 4. The average Bonchev–Trinajstić information content (AvgIpc) is 3.12. The van der Waals surface area contributed by atoms with Crippen molar-refractivity contribution < 1.29 is 13.2 Å². The lowest BCUT2D eigenvalue weighted by Gasteiger charge is -2.22. The molecule has 1 heterocycles. The van der Waals surface area contributed by atoms with Crippen LogP contribution in [0.5, 0.6) is 0 Å². The van der Waals surface area contributed by atoms with E-state index in [9.17, 15) is 8.42 Å². The van der Waals surface area contributed by atoms with Crippen molar-refractivity contribution in [1.29, 1.82) is 0 Å². The fraction of sp³-hybridized carbons (Fsp3) is 1.00. The third-order valence-electron chi connectivity index (χ3n) is 3.31. The normalized spacial score (nSPS) is 22.8. The monoisotopic (exact) mass is 262 g/mol. The number of sulfonamides is 1. The van der Waals surface area contributed by atoms with E-state index in [0.717, 1.165) is 26.1 Å². The lowest BCUT2D eigenvalue weighted by atomic mass is 10.0. The lowest BCUT2D eigenvalue weighted by Crippen LogP contribution is -2.36. The van der Waals surface area contributed by atoms with Gasteiger partial charge < -0.3 is 10.1 Å². The zero-order valence-corrected chi connectivity index (χ0v) is 11.0. The van der Waals surface area contributed by atoms with Crippen LogP contribution in [0, 0.1) is 5.92 Å². The van der Waals surface area contributed by atoms with E-state index >= 15 is 0 Å². The molecule has 0 unspecified atom stereocenters. The molecule has 0 radical (unpaired) electrons. The highest BCUT2D eigenvalue weighted by Crippen LogP contribution is 2.18. The van der Waals surface area contributed by atoms with Gasteiger partial charge in [0.05, 0.1) is 5.75 Å². The molecule has 2 aliphatic rings. The molecule has 0 bridgehead atoms. The van der Waals surface area contributed by atoms with Crippen molar-refractivity contribution in [3.63, 3.8) is 0 Å². The molecule has 0 spiro atoms. The Hall–Kier alpha value is -0.170. The van der Waals surface area contributed by atoms with Gasteiger partial charge >= 0.3 is 0 Å². The first-order chi connectivity index (χ1) is 8.16. The van der Waals surface area contributed by atoms with Crippen LogP contribution in [0.1, 0.15) is 25.7 Å². The minimum Gasteiger partial charge on any atom is -0.381 e. The Morgan fingerprint density at radius 2 is 1.82 bits per heavy atom. The largest absolute Gasteiger partial charge is 0.381 e. The Balaban J connectivity index is 1.61. The van der Waals surface area contributed by atoms with Gasteiger partial charge in [0.1, 0.15) is 0 Å². The molecule has 0 aromatic heterocycles. The van der Waals surface area contributed by atoms with Gasteiger partial charge in [-0.1, -0.05) is 0 Å². The molecule has 100 valence electrons. The number of rotatable bonds is 7. The summed E-state index contributed by atoms with van der Waals surface area (Å²) in [4.78, 5) is 0. The third-order valence-corrected chi connectivity index (χ3v) is 4.66. The van der Waals surface area contributed by atoms with Crippen LogP contribution < -0.4 is 10.0 Å². The number of nitrogens with one attached hydrogen (secondary N) is 2. The van der Waals surface area contributed by atoms with Crippen molar-refractivity contribution in [3.8, 4) is 0 Å². The van der Waals surface area contributed by atoms with Crippen LogP contribution in [-0.4, -0.2) is 46.5 Å². The van der Waals surface area contributed by atoms with Crippen LogP contribution in [0.25, 0.3) is 0 Å². The molecule has 0 amide bonds. The second kappa shape index (κ2) is 6.13. The molecule has 2 fully saturated rings. The maximum Gasteiger partial charge on any atom is 0.212 e. The van der Waals surface area contributed by atoms with Gasteiger partial charge in [0.25, 0.3) is 0 Å². The highest BCUT2D eigenvalue weighted by Gasteiger charge is 2.21. The van der Waals surface area contributed by atoms with E-state index in [1.54, 1.807) is 0 Å². The summed E-state index contributed by atoms with van der Waals surface area (Å²) in [5.41, 5.74) is 0. The predicted octanol–water partition coefficient (Wildman–Crippen LogP) is 0.0844. The van der Waals surface area contributed by atoms with Crippen LogP contribution in [0.15, 0.2) is 0 Å². The highest BCUT2D eigenvalue weighted by molar-refractivity contribution is 7.89. The Morgan fingerprint density at radius 3 is 2.47 bits per heavy atom. The van der Waals surface area contributed by atoms with Gasteiger partial charge in [-0.25, -0.2) is 13.1 Å². The fourth-order valence-electron chi connectivity index (χ4n) is 1.95. The summed E-state index contributed by atoms with van der Waals surface area (Å²) < 4.78 is 31.3. The standard InChI is InChI=1S/C11H22N2O3S/c14-17(15,8-5-12-11-1-2-11)13-9-10-3-6-16-7-4-10/h10-13H,1-9H2. The van der Waals surface area contributed by atoms with Gasteiger partial charge in [-0.2, -0.15) is 0 Å². The Morgan fingerprint density at radius 1 is 1.12 bits per heavy atom. The molecule has 0 aromatic carbocycles. The van der Waals surface area contributed by atoms with Gasteiger partial charge in [0, 0.05) is 32.3 Å². The topological polar surface area (TPSA) is 67.4 Å². The van der Waals surface area contributed by atoms with Crippen LogP contribution in [-0.2, 0) is 14.8 Å². The Kier molecular flexibility index (Phi) is 4.78. The van der Waals surface area contributed by atoms with E-state index < -0.39 is 10.0 Å². The van der Waals surface area contributed by atoms with E-state index in [0.29, 0.717) is 25.0 Å².